The monoisotopic (exact) mass is 185 g/mol. The normalized spacial score (nSPS) is 15.4. The van der Waals surface area contributed by atoms with Crippen LogP contribution in [0.4, 0.5) is 0 Å². The number of hydrogen-bond donors (Lipinski definition) is 2. The van der Waals surface area contributed by atoms with Crippen molar-refractivity contribution in [2.24, 2.45) is 0 Å². The number of hydrogen-bond acceptors (Lipinski definition) is 4. The van der Waals surface area contributed by atoms with Gasteiger partial charge in [0.25, 0.3) is 0 Å². The molecular formula is C9H19N3O. The third-order valence-electron chi connectivity index (χ3n) is 2.08. The molecular weight excluding hydrogens is 166 g/mol. The van der Waals surface area contributed by atoms with Crippen molar-refractivity contribution in [2.45, 2.75) is 25.5 Å². The second-order valence-corrected chi connectivity index (χ2v) is 3.36. The van der Waals surface area contributed by atoms with E-state index in [1.165, 1.54) is 0 Å². The van der Waals surface area contributed by atoms with E-state index >= 15 is 0 Å². The molecule has 0 aromatic heterocycles. The minimum Gasteiger partial charge on any atom is -0.390 e. The lowest BCUT2D eigenvalue weighted by Crippen LogP contribution is -2.39. The van der Waals surface area contributed by atoms with Crippen LogP contribution in [0.3, 0.4) is 0 Å². The summed E-state index contributed by atoms with van der Waals surface area (Å²) in [6.45, 7) is 3.17. The third-order valence-corrected chi connectivity index (χ3v) is 2.08. The Kier molecular flexibility index (Phi) is 6.51. The molecule has 0 saturated heterocycles. The highest BCUT2D eigenvalue weighted by molar-refractivity contribution is 4.79. The van der Waals surface area contributed by atoms with Crippen molar-refractivity contribution in [1.29, 1.82) is 5.26 Å². The van der Waals surface area contributed by atoms with E-state index in [1.807, 2.05) is 25.9 Å². The first-order chi connectivity index (χ1) is 6.11. The van der Waals surface area contributed by atoms with Crippen LogP contribution in [-0.4, -0.2) is 49.3 Å². The molecule has 0 rings (SSSR count). The van der Waals surface area contributed by atoms with Crippen molar-refractivity contribution >= 4 is 0 Å². The molecule has 4 heteroatoms. The zero-order valence-electron chi connectivity index (χ0n) is 8.62. The zero-order valence-corrected chi connectivity index (χ0v) is 8.62. The Bertz CT molecular complexity index is 167. The van der Waals surface area contributed by atoms with Crippen LogP contribution in [0.2, 0.25) is 0 Å². The maximum absolute atomic E-state index is 9.45. The Labute approximate surface area is 80.2 Å². The molecule has 2 unspecified atom stereocenters. The van der Waals surface area contributed by atoms with Gasteiger partial charge in [-0.25, -0.2) is 0 Å². The molecule has 0 aliphatic carbocycles. The number of rotatable bonds is 6. The molecule has 0 radical (unpaired) electrons. The van der Waals surface area contributed by atoms with E-state index in [9.17, 15) is 5.11 Å². The van der Waals surface area contributed by atoms with Crippen LogP contribution >= 0.6 is 0 Å². The van der Waals surface area contributed by atoms with Crippen molar-refractivity contribution in [3.05, 3.63) is 0 Å². The fourth-order valence-corrected chi connectivity index (χ4v) is 1.10. The molecule has 2 N–H and O–H groups in total. The molecule has 2 atom stereocenters. The average molecular weight is 185 g/mol. The number of aliphatic hydroxyl groups is 1. The highest BCUT2D eigenvalue weighted by atomic mass is 16.3. The molecule has 0 bridgehead atoms. The van der Waals surface area contributed by atoms with E-state index in [0.717, 1.165) is 0 Å². The van der Waals surface area contributed by atoms with Gasteiger partial charge in [-0.2, -0.15) is 5.26 Å². The van der Waals surface area contributed by atoms with Gasteiger partial charge in [0.1, 0.15) is 0 Å². The lowest BCUT2D eigenvalue weighted by Gasteiger charge is -2.25. The molecule has 76 valence electrons. The highest BCUT2D eigenvalue weighted by Gasteiger charge is 2.12. The van der Waals surface area contributed by atoms with Crippen molar-refractivity contribution in [1.82, 2.24) is 10.2 Å². The quantitative estimate of drug-likeness (QED) is 0.601. The standard InChI is InChI=1S/C9H19N3O/c1-8(4-5-10)12(3)7-9(13)6-11-2/h8-9,11,13H,4,6-7H2,1-3H3. The van der Waals surface area contributed by atoms with Gasteiger partial charge < -0.3 is 15.3 Å². The Morgan fingerprint density at radius 3 is 2.69 bits per heavy atom. The third kappa shape index (κ3) is 5.58. The molecule has 13 heavy (non-hydrogen) atoms. The zero-order chi connectivity index (χ0) is 10.3. The Balaban J connectivity index is 3.72. The molecule has 0 heterocycles. The number of likely N-dealkylation sites (N-methyl/N-ethyl adjacent to an activating group) is 2. The van der Waals surface area contributed by atoms with Crippen LogP contribution in [0.1, 0.15) is 13.3 Å². The fraction of sp³-hybridized carbons (Fsp3) is 0.889. The first kappa shape index (κ1) is 12.4. The number of nitrogens with zero attached hydrogens (tertiary/aromatic N) is 2. The first-order valence-electron chi connectivity index (χ1n) is 4.51. The van der Waals surface area contributed by atoms with Gasteiger partial charge in [-0.05, 0) is 21.0 Å². The second-order valence-electron chi connectivity index (χ2n) is 3.36. The van der Waals surface area contributed by atoms with Gasteiger partial charge in [-0.1, -0.05) is 0 Å². The maximum atomic E-state index is 9.45. The SMILES string of the molecule is CNCC(O)CN(C)C(C)CC#N. The number of aliphatic hydroxyl groups excluding tert-OH is 1. The Morgan fingerprint density at radius 1 is 1.62 bits per heavy atom. The van der Waals surface area contributed by atoms with E-state index < -0.39 is 0 Å². The summed E-state index contributed by atoms with van der Waals surface area (Å²) in [5.41, 5.74) is 0. The van der Waals surface area contributed by atoms with Crippen LogP contribution in [0, 0.1) is 11.3 Å². The van der Waals surface area contributed by atoms with Crippen molar-refractivity contribution < 1.29 is 5.11 Å². The molecule has 0 amide bonds. The summed E-state index contributed by atoms with van der Waals surface area (Å²) < 4.78 is 0. The van der Waals surface area contributed by atoms with E-state index in [1.54, 1.807) is 0 Å². The van der Waals surface area contributed by atoms with E-state index in [-0.39, 0.29) is 12.1 Å². The molecule has 0 saturated carbocycles. The molecule has 0 spiro atoms. The molecule has 0 aliphatic heterocycles. The summed E-state index contributed by atoms with van der Waals surface area (Å²) in [4.78, 5) is 1.99. The van der Waals surface area contributed by atoms with Crippen molar-refractivity contribution in [3.63, 3.8) is 0 Å². The molecule has 0 aromatic rings. The lowest BCUT2D eigenvalue weighted by atomic mass is 10.2. The van der Waals surface area contributed by atoms with Crippen LogP contribution in [0.5, 0.6) is 0 Å². The largest absolute Gasteiger partial charge is 0.390 e. The predicted molar refractivity (Wildman–Crippen MR) is 52.3 cm³/mol. The van der Waals surface area contributed by atoms with E-state index in [4.69, 9.17) is 5.26 Å². The van der Waals surface area contributed by atoms with Gasteiger partial charge in [0.15, 0.2) is 0 Å². The van der Waals surface area contributed by atoms with Gasteiger partial charge in [0, 0.05) is 19.1 Å². The lowest BCUT2D eigenvalue weighted by molar-refractivity contribution is 0.109. The minimum absolute atomic E-state index is 0.205. The van der Waals surface area contributed by atoms with Crippen LogP contribution in [0.25, 0.3) is 0 Å². The second kappa shape index (κ2) is 6.84. The van der Waals surface area contributed by atoms with Crippen LogP contribution < -0.4 is 5.32 Å². The molecule has 0 fully saturated rings. The van der Waals surface area contributed by atoms with Gasteiger partial charge in [-0.3, -0.25) is 0 Å². The van der Waals surface area contributed by atoms with Gasteiger partial charge in [-0.15, -0.1) is 0 Å². The minimum atomic E-state index is -0.365. The summed E-state index contributed by atoms with van der Waals surface area (Å²) in [7, 11) is 3.73. The average Bonchev–Trinajstić information content (AvgIpc) is 2.05. The van der Waals surface area contributed by atoms with Gasteiger partial charge >= 0.3 is 0 Å². The van der Waals surface area contributed by atoms with Crippen molar-refractivity contribution in [3.8, 4) is 6.07 Å². The van der Waals surface area contributed by atoms with Crippen LogP contribution in [-0.2, 0) is 0 Å². The molecule has 0 aromatic carbocycles. The van der Waals surface area contributed by atoms with E-state index in [0.29, 0.717) is 19.5 Å². The highest BCUT2D eigenvalue weighted by Crippen LogP contribution is 2.00. The van der Waals surface area contributed by atoms with Crippen molar-refractivity contribution in [2.75, 3.05) is 27.2 Å². The summed E-state index contributed by atoms with van der Waals surface area (Å²) >= 11 is 0. The van der Waals surface area contributed by atoms with Gasteiger partial charge in [0.2, 0.25) is 0 Å². The topological polar surface area (TPSA) is 59.3 Å². The van der Waals surface area contributed by atoms with Gasteiger partial charge in [0.05, 0.1) is 18.6 Å². The fourth-order valence-electron chi connectivity index (χ4n) is 1.10. The summed E-state index contributed by atoms with van der Waals surface area (Å²) in [5.74, 6) is 0. The van der Waals surface area contributed by atoms with Crippen LogP contribution in [0.15, 0.2) is 0 Å². The van der Waals surface area contributed by atoms with E-state index in [2.05, 4.69) is 11.4 Å². The maximum Gasteiger partial charge on any atom is 0.0791 e. The Hall–Kier alpha value is -0.630. The Morgan fingerprint density at radius 2 is 2.23 bits per heavy atom. The first-order valence-corrected chi connectivity index (χ1v) is 4.51. The predicted octanol–water partition coefficient (Wildman–Crippen LogP) is -0.199. The molecule has 4 nitrogen and oxygen atoms in total. The molecule has 0 aliphatic rings. The number of nitriles is 1. The summed E-state index contributed by atoms with van der Waals surface area (Å²) in [6, 6.07) is 2.32. The smallest absolute Gasteiger partial charge is 0.0791 e. The summed E-state index contributed by atoms with van der Waals surface area (Å²) in [5, 5.41) is 20.8. The summed E-state index contributed by atoms with van der Waals surface area (Å²) in [6.07, 6.45) is 0.138. The number of nitrogens with one attached hydrogen (secondary N) is 1.